The molecule has 9 nitrogen and oxygen atoms in total. The Labute approximate surface area is 218 Å². The first-order valence-corrected chi connectivity index (χ1v) is 12.7. The molecule has 0 bridgehead atoms. The van der Waals surface area contributed by atoms with Crippen LogP contribution in [0.15, 0.2) is 42.6 Å². The van der Waals surface area contributed by atoms with E-state index in [2.05, 4.69) is 15.2 Å². The molecule has 2 saturated heterocycles. The van der Waals surface area contributed by atoms with Gasteiger partial charge in [-0.25, -0.2) is 9.18 Å². The summed E-state index contributed by atoms with van der Waals surface area (Å²) in [4.78, 5) is 30.6. The van der Waals surface area contributed by atoms with Crippen LogP contribution in [-0.2, 0) is 11.3 Å². The Balaban J connectivity index is 1.20. The lowest BCUT2D eigenvalue weighted by atomic mass is 9.88. The topological polar surface area (TPSA) is 104 Å². The Morgan fingerprint density at radius 2 is 2.05 bits per heavy atom. The van der Waals surface area contributed by atoms with Crippen molar-refractivity contribution in [1.82, 2.24) is 15.2 Å². The highest BCUT2D eigenvalue weighted by Crippen LogP contribution is 2.34. The number of carbonyl (C=O) groups is 1. The SMILES string of the molecule is CC(=S)NC[C@H]1CN(c2ccc(C3CCN(Cc4c[nH]c5ccc([N+](=O)[O-])cc45)CC3)c(F)c2)C(=O)O1. The summed E-state index contributed by atoms with van der Waals surface area (Å²) in [5.41, 5.74) is 3.10. The van der Waals surface area contributed by atoms with E-state index in [9.17, 15) is 14.9 Å². The van der Waals surface area contributed by atoms with Crippen molar-refractivity contribution in [1.29, 1.82) is 0 Å². The van der Waals surface area contributed by atoms with Gasteiger partial charge in [-0.3, -0.25) is 19.9 Å². The first-order valence-electron chi connectivity index (χ1n) is 12.3. The number of hydrogen-bond donors (Lipinski definition) is 2. The molecule has 11 heteroatoms. The van der Waals surface area contributed by atoms with Gasteiger partial charge in [0.15, 0.2) is 0 Å². The van der Waals surface area contributed by atoms with Crippen LogP contribution in [-0.4, -0.2) is 58.2 Å². The first-order chi connectivity index (χ1) is 17.8. The molecule has 2 N–H and O–H groups in total. The van der Waals surface area contributed by atoms with Crippen LogP contribution in [0.3, 0.4) is 0 Å². The maximum absolute atomic E-state index is 15.2. The van der Waals surface area contributed by atoms with Gasteiger partial charge in [-0.1, -0.05) is 18.3 Å². The fourth-order valence-corrected chi connectivity index (χ4v) is 5.25. The number of H-pyrrole nitrogens is 1. The van der Waals surface area contributed by atoms with E-state index in [0.717, 1.165) is 42.4 Å². The second kappa shape index (κ2) is 10.4. The summed E-state index contributed by atoms with van der Waals surface area (Å²) < 4.78 is 20.5. The summed E-state index contributed by atoms with van der Waals surface area (Å²) in [5.74, 6) is -0.230. The Morgan fingerprint density at radius 1 is 1.27 bits per heavy atom. The monoisotopic (exact) mass is 525 g/mol. The maximum Gasteiger partial charge on any atom is 0.414 e. The van der Waals surface area contributed by atoms with Gasteiger partial charge in [0.1, 0.15) is 11.9 Å². The van der Waals surface area contributed by atoms with Gasteiger partial charge in [0.05, 0.1) is 28.7 Å². The van der Waals surface area contributed by atoms with Crippen molar-refractivity contribution in [2.75, 3.05) is 31.1 Å². The highest BCUT2D eigenvalue weighted by molar-refractivity contribution is 7.80. The fourth-order valence-electron chi connectivity index (χ4n) is 5.17. The number of carbonyl (C=O) groups excluding carboxylic acids is 1. The minimum Gasteiger partial charge on any atom is -0.442 e. The summed E-state index contributed by atoms with van der Waals surface area (Å²) in [5, 5.41) is 15.0. The third kappa shape index (κ3) is 5.42. The van der Waals surface area contributed by atoms with Crippen LogP contribution in [0, 0.1) is 15.9 Å². The van der Waals surface area contributed by atoms with Crippen molar-refractivity contribution in [3.8, 4) is 0 Å². The number of fused-ring (bicyclic) bond motifs is 1. The maximum atomic E-state index is 15.2. The summed E-state index contributed by atoms with van der Waals surface area (Å²) >= 11 is 5.00. The molecule has 37 heavy (non-hydrogen) atoms. The van der Waals surface area contributed by atoms with Crippen molar-refractivity contribution in [2.24, 2.45) is 0 Å². The van der Waals surface area contributed by atoms with Gasteiger partial charge in [0.25, 0.3) is 5.69 Å². The molecule has 1 amide bonds. The number of hydrogen-bond acceptors (Lipinski definition) is 6. The number of cyclic esters (lactones) is 1. The van der Waals surface area contributed by atoms with Gasteiger partial charge >= 0.3 is 6.09 Å². The zero-order valence-corrected chi connectivity index (χ0v) is 21.2. The van der Waals surface area contributed by atoms with Crippen molar-refractivity contribution >= 4 is 45.6 Å². The number of non-ortho nitro benzene ring substituents is 1. The predicted molar refractivity (Wildman–Crippen MR) is 142 cm³/mol. The summed E-state index contributed by atoms with van der Waals surface area (Å²) in [7, 11) is 0. The number of aromatic nitrogens is 1. The molecule has 0 unspecified atom stereocenters. The van der Waals surface area contributed by atoms with E-state index in [1.54, 1.807) is 31.2 Å². The largest absolute Gasteiger partial charge is 0.442 e. The number of halogens is 1. The third-order valence-corrected chi connectivity index (χ3v) is 7.28. The van der Waals surface area contributed by atoms with Crippen molar-refractivity contribution in [3.63, 3.8) is 0 Å². The standard InChI is InChI=1S/C26H28FN5O4S/c1-16(37)28-13-21-15-31(26(33)36-21)19-2-4-22(24(27)11-19)17-6-8-30(9-7-17)14-18-12-29-25-5-3-20(32(34)35)10-23(18)25/h2-5,10-12,17,21,29H,6-9,13-15H2,1H3,(H,28,37)/t21-/m0/s1. The number of anilines is 1. The summed E-state index contributed by atoms with van der Waals surface area (Å²) in [6, 6.07) is 9.82. The van der Waals surface area contributed by atoms with Gasteiger partial charge in [0.2, 0.25) is 0 Å². The quantitative estimate of drug-likeness (QED) is 0.258. The van der Waals surface area contributed by atoms with Crippen LogP contribution < -0.4 is 10.2 Å². The van der Waals surface area contributed by atoms with Crippen LogP contribution in [0.1, 0.15) is 36.8 Å². The van der Waals surface area contributed by atoms with E-state index in [4.69, 9.17) is 17.0 Å². The lowest BCUT2D eigenvalue weighted by Crippen LogP contribution is -2.33. The van der Waals surface area contributed by atoms with Crippen molar-refractivity contribution in [2.45, 2.75) is 38.3 Å². The number of piperidine rings is 1. The second-order valence-electron chi connectivity index (χ2n) is 9.61. The zero-order valence-electron chi connectivity index (χ0n) is 20.4. The minimum atomic E-state index is -0.489. The molecule has 0 aliphatic carbocycles. The first kappa shape index (κ1) is 25.1. The van der Waals surface area contributed by atoms with Crippen molar-refractivity contribution in [3.05, 3.63) is 69.7 Å². The number of nitrogens with one attached hydrogen (secondary N) is 2. The van der Waals surface area contributed by atoms with Crippen LogP contribution >= 0.6 is 12.2 Å². The van der Waals surface area contributed by atoms with E-state index in [-0.39, 0.29) is 28.4 Å². The molecule has 2 aromatic carbocycles. The molecule has 1 atom stereocenters. The van der Waals surface area contributed by atoms with Gasteiger partial charge in [-0.05, 0) is 68.1 Å². The van der Waals surface area contributed by atoms with Gasteiger partial charge in [-0.15, -0.1) is 0 Å². The molecule has 2 aliphatic rings. The molecule has 3 aromatic rings. The van der Waals surface area contributed by atoms with E-state index in [0.29, 0.717) is 35.9 Å². The Bertz CT molecular complexity index is 1350. The summed E-state index contributed by atoms with van der Waals surface area (Å²) in [6.45, 7) is 4.78. The van der Waals surface area contributed by atoms with Gasteiger partial charge < -0.3 is 15.0 Å². The number of likely N-dealkylation sites (tertiary alicyclic amines) is 1. The van der Waals surface area contributed by atoms with E-state index < -0.39 is 6.09 Å². The molecule has 1 aromatic heterocycles. The lowest BCUT2D eigenvalue weighted by Gasteiger charge is -2.32. The molecular formula is C26H28FN5O4S. The van der Waals surface area contributed by atoms with E-state index in [1.165, 1.54) is 17.0 Å². The average molecular weight is 526 g/mol. The number of rotatable bonds is 7. The molecule has 194 valence electrons. The Kier molecular flexibility index (Phi) is 7.07. The minimum absolute atomic E-state index is 0.0745. The Morgan fingerprint density at radius 3 is 2.76 bits per heavy atom. The number of thiocarbonyl (C=S) groups is 1. The number of nitro groups is 1. The predicted octanol–water partition coefficient (Wildman–Crippen LogP) is 4.86. The second-order valence-corrected chi connectivity index (χ2v) is 10.2. The van der Waals surface area contributed by atoms with Gasteiger partial charge in [-0.2, -0.15) is 0 Å². The zero-order chi connectivity index (χ0) is 26.1. The number of benzene rings is 2. The molecular weight excluding hydrogens is 497 g/mol. The molecule has 3 heterocycles. The smallest absolute Gasteiger partial charge is 0.414 e. The highest BCUT2D eigenvalue weighted by atomic mass is 32.1. The van der Waals surface area contributed by atoms with E-state index in [1.807, 2.05) is 6.20 Å². The fraction of sp³-hybridized carbons (Fsp3) is 0.385. The molecule has 2 aliphatic heterocycles. The molecule has 0 radical (unpaired) electrons. The normalized spacial score (nSPS) is 18.8. The van der Waals surface area contributed by atoms with Crippen molar-refractivity contribution < 1.29 is 18.8 Å². The summed E-state index contributed by atoms with van der Waals surface area (Å²) in [6.07, 6.45) is 2.67. The number of nitro benzene ring substituents is 1. The highest BCUT2D eigenvalue weighted by Gasteiger charge is 2.33. The van der Waals surface area contributed by atoms with E-state index >= 15 is 4.39 Å². The lowest BCUT2D eigenvalue weighted by molar-refractivity contribution is -0.384. The van der Waals surface area contributed by atoms with Gasteiger partial charge in [0, 0.05) is 35.8 Å². The molecule has 0 saturated carbocycles. The Hall–Kier alpha value is -3.57. The number of aromatic amines is 1. The van der Waals surface area contributed by atoms with Crippen LogP contribution in [0.25, 0.3) is 10.9 Å². The molecule has 2 fully saturated rings. The molecule has 5 rings (SSSR count). The average Bonchev–Trinajstić information content (AvgIpc) is 3.45. The molecule has 0 spiro atoms. The third-order valence-electron chi connectivity index (χ3n) is 7.13. The number of amides is 1. The van der Waals surface area contributed by atoms with Crippen LogP contribution in [0.5, 0.6) is 0 Å². The number of nitrogens with zero attached hydrogens (tertiary/aromatic N) is 3. The van der Waals surface area contributed by atoms with Crippen LogP contribution in [0.2, 0.25) is 0 Å². The number of ether oxygens (including phenoxy) is 1. The van der Waals surface area contributed by atoms with Crippen LogP contribution in [0.4, 0.5) is 20.6 Å².